The molecular formula is C22H30N8O2S2. The molecule has 1 unspecified atom stereocenters. The van der Waals surface area contributed by atoms with Crippen molar-refractivity contribution in [2.24, 2.45) is 0 Å². The number of piperazine rings is 1. The third-order valence-electron chi connectivity index (χ3n) is 6.09. The lowest BCUT2D eigenvalue weighted by Gasteiger charge is -2.32. The van der Waals surface area contributed by atoms with Gasteiger partial charge in [-0.2, -0.15) is 0 Å². The Hall–Kier alpha value is -2.25. The van der Waals surface area contributed by atoms with E-state index in [-0.39, 0.29) is 0 Å². The molecule has 34 heavy (non-hydrogen) atoms. The second kappa shape index (κ2) is 10.2. The molecule has 0 saturated carbocycles. The second-order valence-electron chi connectivity index (χ2n) is 8.69. The number of fused-ring (bicyclic) bond motifs is 1. The van der Waals surface area contributed by atoms with Gasteiger partial charge in [0.15, 0.2) is 11.6 Å². The van der Waals surface area contributed by atoms with Crippen LogP contribution in [-0.4, -0.2) is 106 Å². The highest BCUT2D eigenvalue weighted by Crippen LogP contribution is 2.35. The maximum atomic E-state index is 11.8. The van der Waals surface area contributed by atoms with E-state index in [1.165, 1.54) is 4.88 Å². The third-order valence-corrected chi connectivity index (χ3v) is 8.28. The number of thiophene rings is 1. The summed E-state index contributed by atoms with van der Waals surface area (Å²) in [5, 5.41) is 0. The van der Waals surface area contributed by atoms with Gasteiger partial charge in [-0.3, -0.25) is 4.90 Å². The van der Waals surface area contributed by atoms with Gasteiger partial charge in [-0.1, -0.05) is 0 Å². The van der Waals surface area contributed by atoms with Crippen LogP contribution in [-0.2, 0) is 22.3 Å². The zero-order valence-electron chi connectivity index (χ0n) is 19.8. The van der Waals surface area contributed by atoms with Gasteiger partial charge >= 0.3 is 0 Å². The quantitative estimate of drug-likeness (QED) is 0.497. The first-order valence-corrected chi connectivity index (χ1v) is 13.7. The SMILES string of the molecule is CN(C)c1ncc(-c2nc(N3CCOCC3)c3sc(CN4CCN(S(C)=O)CC4)cc3n2)cn1. The molecule has 2 fully saturated rings. The molecule has 10 nitrogen and oxygen atoms in total. The molecule has 5 heterocycles. The highest BCUT2D eigenvalue weighted by atomic mass is 32.2. The molecule has 0 aromatic carbocycles. The van der Waals surface area contributed by atoms with Crippen LogP contribution in [0, 0.1) is 0 Å². The van der Waals surface area contributed by atoms with E-state index in [1.807, 2.05) is 23.3 Å². The van der Waals surface area contributed by atoms with Crippen LogP contribution < -0.4 is 9.80 Å². The van der Waals surface area contributed by atoms with Gasteiger partial charge in [0.25, 0.3) is 0 Å². The van der Waals surface area contributed by atoms with Crippen LogP contribution >= 0.6 is 11.3 Å². The highest BCUT2D eigenvalue weighted by molar-refractivity contribution is 7.81. The van der Waals surface area contributed by atoms with Crippen molar-refractivity contribution in [1.82, 2.24) is 29.1 Å². The summed E-state index contributed by atoms with van der Waals surface area (Å²) in [6, 6.07) is 2.19. The van der Waals surface area contributed by atoms with Crippen LogP contribution in [0.4, 0.5) is 11.8 Å². The average molecular weight is 503 g/mol. The fourth-order valence-corrected chi connectivity index (χ4v) is 6.03. The number of hydrogen-bond donors (Lipinski definition) is 0. The maximum absolute atomic E-state index is 11.8. The molecule has 3 aromatic heterocycles. The third kappa shape index (κ3) is 5.05. The number of rotatable bonds is 6. The van der Waals surface area contributed by atoms with Crippen molar-refractivity contribution < 1.29 is 8.95 Å². The molecular weight excluding hydrogens is 472 g/mol. The van der Waals surface area contributed by atoms with Gasteiger partial charge in [0.05, 0.1) is 40.0 Å². The largest absolute Gasteiger partial charge is 0.378 e. The van der Waals surface area contributed by atoms with Crippen molar-refractivity contribution in [3.63, 3.8) is 0 Å². The standard InChI is InChI=1S/C22H30N8O2S2/c1-27(2)22-23-13-16(14-24-22)20-25-18-12-17(15-28-4-6-30(7-5-28)34(3)31)33-19(18)21(26-20)29-8-10-32-11-9-29/h12-14H,4-11,15H2,1-3H3. The molecule has 0 radical (unpaired) electrons. The van der Waals surface area contributed by atoms with Crippen molar-refractivity contribution in [2.75, 3.05) is 82.6 Å². The Labute approximate surface area is 206 Å². The van der Waals surface area contributed by atoms with Gasteiger partial charge in [-0.15, -0.1) is 11.3 Å². The summed E-state index contributed by atoms with van der Waals surface area (Å²) in [6.45, 7) is 7.37. The number of anilines is 2. The molecule has 0 amide bonds. The topological polar surface area (TPSA) is 90.8 Å². The Balaban J connectivity index is 1.45. The molecule has 2 aliphatic rings. The van der Waals surface area contributed by atoms with E-state index < -0.39 is 11.0 Å². The average Bonchev–Trinajstić information content (AvgIpc) is 3.26. The minimum Gasteiger partial charge on any atom is -0.378 e. The smallest absolute Gasteiger partial charge is 0.224 e. The van der Waals surface area contributed by atoms with Gasteiger partial charge in [-0.05, 0) is 6.07 Å². The second-order valence-corrected chi connectivity index (χ2v) is 11.2. The van der Waals surface area contributed by atoms with E-state index in [2.05, 4.69) is 25.8 Å². The van der Waals surface area contributed by atoms with Crippen LogP contribution in [0.3, 0.4) is 0 Å². The minimum atomic E-state index is -0.895. The van der Waals surface area contributed by atoms with Crippen molar-refractivity contribution in [3.8, 4) is 11.4 Å². The number of ether oxygens (including phenoxy) is 1. The molecule has 2 saturated heterocycles. The number of hydrogen-bond acceptors (Lipinski definition) is 10. The van der Waals surface area contributed by atoms with Gasteiger partial charge in [0, 0.05) is 83.4 Å². The lowest BCUT2D eigenvalue weighted by molar-refractivity contribution is 0.122. The van der Waals surface area contributed by atoms with E-state index in [1.54, 1.807) is 30.0 Å². The minimum absolute atomic E-state index is 0.641. The first-order valence-electron chi connectivity index (χ1n) is 11.4. The fraction of sp³-hybridized carbons (Fsp3) is 0.545. The molecule has 0 aliphatic carbocycles. The summed E-state index contributed by atoms with van der Waals surface area (Å²) in [6.07, 6.45) is 5.33. The van der Waals surface area contributed by atoms with Crippen molar-refractivity contribution in [1.29, 1.82) is 0 Å². The molecule has 0 N–H and O–H groups in total. The molecule has 0 bridgehead atoms. The van der Waals surface area contributed by atoms with E-state index in [0.29, 0.717) is 25.0 Å². The van der Waals surface area contributed by atoms with Crippen molar-refractivity contribution in [2.45, 2.75) is 6.54 Å². The van der Waals surface area contributed by atoms with Crippen LogP contribution in [0.25, 0.3) is 21.6 Å². The Morgan fingerprint density at radius 1 is 1.06 bits per heavy atom. The highest BCUT2D eigenvalue weighted by Gasteiger charge is 2.23. The normalized spacial score (nSPS) is 19.0. The van der Waals surface area contributed by atoms with Crippen LogP contribution in [0.5, 0.6) is 0 Å². The zero-order chi connectivity index (χ0) is 23.7. The molecule has 1 atom stereocenters. The first-order chi connectivity index (χ1) is 16.5. The summed E-state index contributed by atoms with van der Waals surface area (Å²) in [4.78, 5) is 26.6. The summed E-state index contributed by atoms with van der Waals surface area (Å²) < 4.78 is 20.5. The monoisotopic (exact) mass is 502 g/mol. The van der Waals surface area contributed by atoms with E-state index in [4.69, 9.17) is 14.7 Å². The summed E-state index contributed by atoms with van der Waals surface area (Å²) in [7, 11) is 2.94. The van der Waals surface area contributed by atoms with E-state index >= 15 is 0 Å². The maximum Gasteiger partial charge on any atom is 0.224 e. The molecule has 0 spiro atoms. The van der Waals surface area contributed by atoms with Gasteiger partial charge in [0.1, 0.15) is 0 Å². The number of aromatic nitrogens is 4. The van der Waals surface area contributed by atoms with Crippen LogP contribution in [0.2, 0.25) is 0 Å². The van der Waals surface area contributed by atoms with Crippen molar-refractivity contribution >= 4 is 44.3 Å². The Kier molecular flexibility index (Phi) is 7.02. The van der Waals surface area contributed by atoms with Gasteiger partial charge < -0.3 is 14.5 Å². The van der Waals surface area contributed by atoms with Gasteiger partial charge in [-0.25, -0.2) is 28.5 Å². The molecule has 182 valence electrons. The molecule has 3 aromatic rings. The zero-order valence-corrected chi connectivity index (χ0v) is 21.4. The Bertz CT molecular complexity index is 1160. The molecule has 5 rings (SSSR count). The Morgan fingerprint density at radius 2 is 1.76 bits per heavy atom. The lowest BCUT2D eigenvalue weighted by atomic mass is 10.3. The molecule has 2 aliphatic heterocycles. The summed E-state index contributed by atoms with van der Waals surface area (Å²) >= 11 is 1.77. The van der Waals surface area contributed by atoms with E-state index in [0.717, 1.165) is 67.4 Å². The molecule has 12 heteroatoms. The summed E-state index contributed by atoms with van der Waals surface area (Å²) in [5.74, 6) is 2.26. The predicted octanol–water partition coefficient (Wildman–Crippen LogP) is 1.46. The van der Waals surface area contributed by atoms with Crippen LogP contribution in [0.15, 0.2) is 18.5 Å². The van der Waals surface area contributed by atoms with Crippen molar-refractivity contribution in [3.05, 3.63) is 23.3 Å². The number of morpholine rings is 1. The first kappa shape index (κ1) is 23.5. The van der Waals surface area contributed by atoms with Crippen LogP contribution in [0.1, 0.15) is 4.88 Å². The lowest BCUT2D eigenvalue weighted by Crippen LogP contribution is -2.46. The fourth-order valence-electron chi connectivity index (χ4n) is 4.19. The van der Waals surface area contributed by atoms with E-state index in [9.17, 15) is 4.21 Å². The summed E-state index contributed by atoms with van der Waals surface area (Å²) in [5.41, 5.74) is 1.76. The number of nitrogens with zero attached hydrogens (tertiary/aromatic N) is 8. The predicted molar refractivity (Wildman–Crippen MR) is 137 cm³/mol. The Morgan fingerprint density at radius 3 is 2.41 bits per heavy atom. The van der Waals surface area contributed by atoms with Gasteiger partial charge in [0.2, 0.25) is 5.95 Å².